The third-order valence-electron chi connectivity index (χ3n) is 5.37. The Labute approximate surface area is 174 Å². The summed E-state index contributed by atoms with van der Waals surface area (Å²) in [6, 6.07) is 9.92. The van der Waals surface area contributed by atoms with Crippen molar-refractivity contribution in [3.8, 4) is 0 Å². The average molecular weight is 415 g/mol. The highest BCUT2D eigenvalue weighted by atomic mass is 32.1. The van der Waals surface area contributed by atoms with Crippen LogP contribution in [0, 0.1) is 12.8 Å². The number of hydrogen-bond acceptors (Lipinski definition) is 5. The van der Waals surface area contributed by atoms with Crippen LogP contribution < -0.4 is 5.32 Å². The van der Waals surface area contributed by atoms with Crippen molar-refractivity contribution in [2.45, 2.75) is 33.1 Å². The van der Waals surface area contributed by atoms with Crippen molar-refractivity contribution in [2.24, 2.45) is 5.92 Å². The van der Waals surface area contributed by atoms with E-state index < -0.39 is 5.97 Å². The fourth-order valence-electron chi connectivity index (χ4n) is 3.57. The molecular formula is C22H26N2O4S. The molecule has 1 fully saturated rings. The number of hydrogen-bond donors (Lipinski definition) is 1. The molecule has 1 saturated carbocycles. The van der Waals surface area contributed by atoms with Gasteiger partial charge in [0.05, 0.1) is 17.6 Å². The zero-order valence-corrected chi connectivity index (χ0v) is 18.0. The second-order valence-electron chi connectivity index (χ2n) is 7.08. The lowest BCUT2D eigenvalue weighted by atomic mass is 10.1. The van der Waals surface area contributed by atoms with Gasteiger partial charge in [-0.3, -0.25) is 9.59 Å². The molecule has 0 saturated heterocycles. The minimum atomic E-state index is -0.553. The van der Waals surface area contributed by atoms with Gasteiger partial charge in [0, 0.05) is 19.0 Å². The number of esters is 1. The molecule has 154 valence electrons. The van der Waals surface area contributed by atoms with Gasteiger partial charge in [-0.1, -0.05) is 30.3 Å². The van der Waals surface area contributed by atoms with Crippen LogP contribution in [0.1, 0.15) is 57.3 Å². The lowest BCUT2D eigenvalue weighted by Gasteiger charge is -2.17. The summed E-state index contributed by atoms with van der Waals surface area (Å²) in [4.78, 5) is 40.2. The first kappa shape index (κ1) is 21.0. The zero-order valence-electron chi connectivity index (χ0n) is 17.2. The van der Waals surface area contributed by atoms with Crippen molar-refractivity contribution >= 4 is 34.1 Å². The SMILES string of the molecule is CCN(CC)C(=O)c1sc(NC(=O)[C@H]2C[C@H]2c2ccccc2)c(C(=O)OC)c1C. The summed E-state index contributed by atoms with van der Waals surface area (Å²) >= 11 is 1.14. The highest BCUT2D eigenvalue weighted by molar-refractivity contribution is 7.18. The standard InChI is InChI=1S/C22H26N2O4S/c1-5-24(6-2)21(26)18-13(3)17(22(27)28-4)20(29-18)23-19(25)16-12-15(16)14-10-8-7-9-11-14/h7-11,15-16H,5-6,12H2,1-4H3,(H,23,25)/t15-,16-/m0/s1. The van der Waals surface area contributed by atoms with E-state index in [1.807, 2.05) is 44.2 Å². The second-order valence-corrected chi connectivity index (χ2v) is 8.10. The lowest BCUT2D eigenvalue weighted by Crippen LogP contribution is -2.30. The second kappa shape index (κ2) is 8.78. The number of benzene rings is 1. The molecule has 2 amide bonds. The minimum absolute atomic E-state index is 0.132. The lowest BCUT2D eigenvalue weighted by molar-refractivity contribution is -0.117. The Morgan fingerprint density at radius 2 is 1.83 bits per heavy atom. The quantitative estimate of drug-likeness (QED) is 0.693. The Morgan fingerprint density at radius 3 is 2.41 bits per heavy atom. The number of ether oxygens (including phenoxy) is 1. The largest absolute Gasteiger partial charge is 0.465 e. The van der Waals surface area contributed by atoms with E-state index in [1.165, 1.54) is 7.11 Å². The van der Waals surface area contributed by atoms with Gasteiger partial charge in [-0.25, -0.2) is 4.79 Å². The molecule has 2 atom stereocenters. The van der Waals surface area contributed by atoms with Crippen LogP contribution in [0.3, 0.4) is 0 Å². The number of amides is 2. The monoisotopic (exact) mass is 414 g/mol. The van der Waals surface area contributed by atoms with Crippen LogP contribution in [-0.4, -0.2) is 42.9 Å². The fourth-order valence-corrected chi connectivity index (χ4v) is 4.73. The summed E-state index contributed by atoms with van der Waals surface area (Å²) in [5.41, 5.74) is 1.95. The summed E-state index contributed by atoms with van der Waals surface area (Å²) in [7, 11) is 1.29. The molecule has 6 nitrogen and oxygen atoms in total. The number of nitrogens with zero attached hydrogens (tertiary/aromatic N) is 1. The van der Waals surface area contributed by atoms with Crippen LogP contribution in [0.2, 0.25) is 0 Å². The smallest absolute Gasteiger partial charge is 0.341 e. The number of rotatable bonds is 7. The number of carbonyl (C=O) groups excluding carboxylic acids is 3. The normalized spacial score (nSPS) is 17.5. The van der Waals surface area contributed by atoms with Crippen LogP contribution in [0.5, 0.6) is 0 Å². The molecule has 29 heavy (non-hydrogen) atoms. The molecule has 7 heteroatoms. The first-order chi connectivity index (χ1) is 13.9. The van der Waals surface area contributed by atoms with Crippen molar-refractivity contribution in [1.29, 1.82) is 0 Å². The predicted octanol–water partition coefficient (Wildman–Crippen LogP) is 4.07. The first-order valence-electron chi connectivity index (χ1n) is 9.79. The highest BCUT2D eigenvalue weighted by Crippen LogP contribution is 2.48. The summed E-state index contributed by atoms with van der Waals surface area (Å²) in [6.45, 7) is 6.68. The summed E-state index contributed by atoms with van der Waals surface area (Å²) in [5.74, 6) is -0.769. The Morgan fingerprint density at radius 1 is 1.17 bits per heavy atom. The maximum Gasteiger partial charge on any atom is 0.341 e. The zero-order chi connectivity index (χ0) is 21.1. The predicted molar refractivity (Wildman–Crippen MR) is 114 cm³/mol. The molecule has 1 N–H and O–H groups in total. The Kier molecular flexibility index (Phi) is 6.37. The highest BCUT2D eigenvalue weighted by Gasteiger charge is 2.44. The van der Waals surface area contributed by atoms with Gasteiger partial charge in [0.25, 0.3) is 5.91 Å². The topological polar surface area (TPSA) is 75.7 Å². The van der Waals surface area contributed by atoms with Gasteiger partial charge in [-0.05, 0) is 44.2 Å². The van der Waals surface area contributed by atoms with E-state index in [4.69, 9.17) is 4.74 Å². The van der Waals surface area contributed by atoms with Gasteiger partial charge in [0.1, 0.15) is 5.00 Å². The van der Waals surface area contributed by atoms with E-state index in [2.05, 4.69) is 5.32 Å². The van der Waals surface area contributed by atoms with Crippen molar-refractivity contribution < 1.29 is 19.1 Å². The van der Waals surface area contributed by atoms with Crippen LogP contribution >= 0.6 is 11.3 Å². The van der Waals surface area contributed by atoms with Crippen LogP contribution in [-0.2, 0) is 9.53 Å². The fraction of sp³-hybridized carbons (Fsp3) is 0.409. The molecule has 1 aromatic carbocycles. The van der Waals surface area contributed by atoms with E-state index in [1.54, 1.807) is 11.8 Å². The van der Waals surface area contributed by atoms with Gasteiger partial charge in [-0.15, -0.1) is 11.3 Å². The van der Waals surface area contributed by atoms with E-state index in [0.29, 0.717) is 28.5 Å². The van der Waals surface area contributed by atoms with Crippen molar-refractivity contribution in [1.82, 2.24) is 4.90 Å². The molecule has 0 radical (unpaired) electrons. The number of methoxy groups -OCH3 is 1. The van der Waals surface area contributed by atoms with Gasteiger partial charge >= 0.3 is 5.97 Å². The third kappa shape index (κ3) is 4.19. The molecule has 0 aliphatic heterocycles. The molecule has 0 spiro atoms. The molecule has 1 aromatic heterocycles. The van der Waals surface area contributed by atoms with Crippen molar-refractivity contribution in [3.05, 3.63) is 51.9 Å². The number of nitrogens with one attached hydrogen (secondary N) is 1. The molecule has 2 aromatic rings. The Balaban J connectivity index is 1.85. The number of thiophene rings is 1. The van der Waals surface area contributed by atoms with Gasteiger partial charge in [0.15, 0.2) is 0 Å². The van der Waals surface area contributed by atoms with Gasteiger partial charge in [0.2, 0.25) is 5.91 Å². The van der Waals surface area contributed by atoms with Crippen LogP contribution in [0.4, 0.5) is 5.00 Å². The van der Waals surface area contributed by atoms with Gasteiger partial charge < -0.3 is 15.0 Å². The first-order valence-corrected chi connectivity index (χ1v) is 10.6. The van der Waals surface area contributed by atoms with E-state index in [9.17, 15) is 14.4 Å². The minimum Gasteiger partial charge on any atom is -0.465 e. The average Bonchev–Trinajstić information content (AvgIpc) is 3.47. The Bertz CT molecular complexity index is 918. The summed E-state index contributed by atoms with van der Waals surface area (Å²) in [5, 5.41) is 3.27. The van der Waals surface area contributed by atoms with Crippen molar-refractivity contribution in [3.63, 3.8) is 0 Å². The maximum absolute atomic E-state index is 12.8. The van der Waals surface area contributed by atoms with Crippen LogP contribution in [0.15, 0.2) is 30.3 Å². The summed E-state index contributed by atoms with van der Waals surface area (Å²) < 4.78 is 4.90. The number of anilines is 1. The van der Waals surface area contributed by atoms with E-state index in [-0.39, 0.29) is 29.2 Å². The molecule has 0 unspecified atom stereocenters. The van der Waals surface area contributed by atoms with E-state index >= 15 is 0 Å². The molecule has 0 bridgehead atoms. The molecular weight excluding hydrogens is 388 g/mol. The molecule has 3 rings (SSSR count). The van der Waals surface area contributed by atoms with E-state index in [0.717, 1.165) is 23.3 Å². The maximum atomic E-state index is 12.8. The van der Waals surface area contributed by atoms with Gasteiger partial charge in [-0.2, -0.15) is 0 Å². The molecule has 1 aliphatic rings. The number of carbonyl (C=O) groups is 3. The van der Waals surface area contributed by atoms with Crippen molar-refractivity contribution in [2.75, 3.05) is 25.5 Å². The molecule has 1 aliphatic carbocycles. The third-order valence-corrected chi connectivity index (χ3v) is 6.57. The van der Waals surface area contributed by atoms with Crippen LogP contribution in [0.25, 0.3) is 0 Å². The molecule has 1 heterocycles. The summed E-state index contributed by atoms with van der Waals surface area (Å²) in [6.07, 6.45) is 0.777. The Hall–Kier alpha value is -2.67.